The van der Waals surface area contributed by atoms with Gasteiger partial charge in [-0.15, -0.1) is 0 Å². The van der Waals surface area contributed by atoms with Crippen molar-refractivity contribution in [2.45, 2.75) is 20.5 Å². The molecule has 3 aromatic carbocycles. The average Bonchev–Trinajstić information content (AvgIpc) is 2.63. The van der Waals surface area contributed by atoms with Gasteiger partial charge < -0.3 is 4.74 Å². The number of benzene rings is 3. The molecule has 0 saturated heterocycles. The van der Waals surface area contributed by atoms with Crippen LogP contribution >= 0.6 is 55.1 Å². The summed E-state index contributed by atoms with van der Waals surface area (Å²) in [6, 6.07) is 15.4. The van der Waals surface area contributed by atoms with Crippen LogP contribution in [-0.4, -0.2) is 6.21 Å². The average molecular weight is 542 g/mol. The van der Waals surface area contributed by atoms with Crippen LogP contribution in [0.4, 0.5) is 5.69 Å². The van der Waals surface area contributed by atoms with Crippen LogP contribution in [0.1, 0.15) is 22.3 Å². The Morgan fingerprint density at radius 1 is 1.04 bits per heavy atom. The molecule has 0 aliphatic heterocycles. The van der Waals surface area contributed by atoms with Crippen LogP contribution in [0.25, 0.3) is 0 Å². The normalized spacial score (nSPS) is 11.2. The van der Waals surface area contributed by atoms with E-state index in [4.69, 9.17) is 27.9 Å². The second kappa shape index (κ2) is 9.45. The van der Waals surface area contributed by atoms with E-state index in [9.17, 15) is 0 Å². The van der Waals surface area contributed by atoms with Gasteiger partial charge in [0.25, 0.3) is 0 Å². The molecular weight excluding hydrogens is 525 g/mol. The van der Waals surface area contributed by atoms with Crippen molar-refractivity contribution in [3.63, 3.8) is 0 Å². The van der Waals surface area contributed by atoms with Gasteiger partial charge in [-0.3, -0.25) is 4.99 Å². The second-order valence-corrected chi connectivity index (χ2v) is 8.92. The third kappa shape index (κ3) is 5.18. The lowest BCUT2D eigenvalue weighted by Crippen LogP contribution is -2.00. The van der Waals surface area contributed by atoms with Crippen LogP contribution in [0, 0.1) is 13.8 Å². The molecule has 144 valence electrons. The molecule has 3 rings (SSSR count). The maximum atomic E-state index is 6.26. The summed E-state index contributed by atoms with van der Waals surface area (Å²) in [4.78, 5) is 4.67. The van der Waals surface area contributed by atoms with Crippen LogP contribution in [0.5, 0.6) is 5.75 Å². The van der Waals surface area contributed by atoms with E-state index in [1.807, 2.05) is 36.5 Å². The summed E-state index contributed by atoms with van der Waals surface area (Å²) in [6.07, 6.45) is 1.82. The number of halogens is 4. The van der Waals surface area contributed by atoms with E-state index in [1.165, 1.54) is 5.56 Å². The quantitative estimate of drug-likeness (QED) is 0.297. The molecular formula is C22H17Br2Cl2NO. The van der Waals surface area contributed by atoms with Gasteiger partial charge in [0.1, 0.15) is 12.4 Å². The molecule has 0 bridgehead atoms. The highest BCUT2D eigenvalue weighted by molar-refractivity contribution is 9.11. The number of aryl methyl sites for hydroxylation is 1. The fourth-order valence-electron chi connectivity index (χ4n) is 2.63. The third-order valence-corrected chi connectivity index (χ3v) is 5.98. The Morgan fingerprint density at radius 3 is 2.57 bits per heavy atom. The molecule has 0 amide bonds. The van der Waals surface area contributed by atoms with E-state index >= 15 is 0 Å². The highest BCUT2D eigenvalue weighted by atomic mass is 79.9. The summed E-state index contributed by atoms with van der Waals surface area (Å²) in [5.74, 6) is 0.697. The molecule has 0 aliphatic rings. The van der Waals surface area contributed by atoms with Gasteiger partial charge >= 0.3 is 0 Å². The summed E-state index contributed by atoms with van der Waals surface area (Å²) in [6.45, 7) is 4.47. The van der Waals surface area contributed by atoms with Crippen LogP contribution in [0.3, 0.4) is 0 Å². The summed E-state index contributed by atoms with van der Waals surface area (Å²) >= 11 is 19.3. The Balaban J connectivity index is 1.91. The Hall–Kier alpha value is -1.33. The first-order valence-corrected chi connectivity index (χ1v) is 10.9. The predicted molar refractivity (Wildman–Crippen MR) is 126 cm³/mol. The molecule has 0 atom stereocenters. The largest absolute Gasteiger partial charge is 0.487 e. The number of nitrogens with zero attached hydrogens (tertiary/aromatic N) is 1. The van der Waals surface area contributed by atoms with E-state index < -0.39 is 0 Å². The van der Waals surface area contributed by atoms with Gasteiger partial charge in [0.2, 0.25) is 0 Å². The minimum Gasteiger partial charge on any atom is -0.487 e. The Kier molecular flexibility index (Phi) is 7.21. The van der Waals surface area contributed by atoms with Crippen molar-refractivity contribution in [3.8, 4) is 5.75 Å². The molecule has 0 fully saturated rings. The zero-order valence-corrected chi connectivity index (χ0v) is 20.0. The van der Waals surface area contributed by atoms with Gasteiger partial charge in [0.05, 0.1) is 10.2 Å². The summed E-state index contributed by atoms with van der Waals surface area (Å²) in [7, 11) is 0. The van der Waals surface area contributed by atoms with Crippen LogP contribution in [0.15, 0.2) is 62.5 Å². The van der Waals surface area contributed by atoms with Crippen molar-refractivity contribution in [1.82, 2.24) is 0 Å². The van der Waals surface area contributed by atoms with Gasteiger partial charge in [-0.05, 0) is 71.2 Å². The van der Waals surface area contributed by atoms with E-state index in [0.717, 1.165) is 31.3 Å². The van der Waals surface area contributed by atoms with Gasteiger partial charge in [-0.1, -0.05) is 57.3 Å². The molecule has 0 saturated carbocycles. The molecule has 28 heavy (non-hydrogen) atoms. The molecule has 0 aliphatic carbocycles. The lowest BCUT2D eigenvalue weighted by molar-refractivity contribution is 0.304. The molecule has 2 nitrogen and oxygen atoms in total. The number of rotatable bonds is 5. The topological polar surface area (TPSA) is 21.6 Å². The van der Waals surface area contributed by atoms with Crippen molar-refractivity contribution in [2.24, 2.45) is 4.99 Å². The van der Waals surface area contributed by atoms with Gasteiger partial charge in [-0.2, -0.15) is 0 Å². The van der Waals surface area contributed by atoms with Gasteiger partial charge in [0, 0.05) is 31.9 Å². The van der Waals surface area contributed by atoms with Gasteiger partial charge in [-0.25, -0.2) is 0 Å². The van der Waals surface area contributed by atoms with Crippen molar-refractivity contribution >= 4 is 67.0 Å². The first-order valence-electron chi connectivity index (χ1n) is 8.51. The van der Waals surface area contributed by atoms with Crippen LogP contribution < -0.4 is 4.74 Å². The maximum Gasteiger partial charge on any atom is 0.142 e. The molecule has 0 N–H and O–H groups in total. The molecule has 0 aromatic heterocycles. The minimum absolute atomic E-state index is 0.320. The third-order valence-electron chi connectivity index (χ3n) is 4.34. The number of hydrogen-bond acceptors (Lipinski definition) is 2. The highest BCUT2D eigenvalue weighted by Gasteiger charge is 2.11. The lowest BCUT2D eigenvalue weighted by atomic mass is 10.1. The first kappa shape index (κ1) is 21.4. The van der Waals surface area contributed by atoms with Crippen molar-refractivity contribution < 1.29 is 4.74 Å². The predicted octanol–water partition coefficient (Wildman–Crippen LogP) is 8.46. The summed E-state index contributed by atoms with van der Waals surface area (Å²) in [5.41, 5.74) is 5.01. The molecule has 0 heterocycles. The Labute approximate surface area is 191 Å². The van der Waals surface area contributed by atoms with Crippen molar-refractivity contribution in [2.75, 3.05) is 0 Å². The number of aliphatic imine (C=N–C) groups is 1. The number of hydrogen-bond donors (Lipinski definition) is 0. The smallest absolute Gasteiger partial charge is 0.142 e. The SMILES string of the molecule is Cc1cccc(N=Cc2cc(Br)cc(Br)c2OCc2ccc(Cl)cc2Cl)c1C. The zero-order chi connectivity index (χ0) is 20.3. The van der Waals surface area contributed by atoms with E-state index in [0.29, 0.717) is 22.4 Å². The van der Waals surface area contributed by atoms with Crippen molar-refractivity contribution in [3.05, 3.63) is 89.8 Å². The van der Waals surface area contributed by atoms with E-state index in [-0.39, 0.29) is 0 Å². The molecule has 3 aromatic rings. The van der Waals surface area contributed by atoms with E-state index in [1.54, 1.807) is 12.1 Å². The van der Waals surface area contributed by atoms with Crippen LogP contribution in [0.2, 0.25) is 10.0 Å². The van der Waals surface area contributed by atoms with Crippen molar-refractivity contribution in [1.29, 1.82) is 0 Å². The monoisotopic (exact) mass is 539 g/mol. The second-order valence-electron chi connectivity index (χ2n) is 6.31. The zero-order valence-electron chi connectivity index (χ0n) is 15.3. The standard InChI is InChI=1S/C22H17Br2Cl2NO/c1-13-4-3-5-21(14(13)2)27-11-16-8-17(23)9-19(24)22(16)28-12-15-6-7-18(25)10-20(15)26/h3-11H,12H2,1-2H3. The minimum atomic E-state index is 0.320. The molecule has 0 radical (unpaired) electrons. The van der Waals surface area contributed by atoms with E-state index in [2.05, 4.69) is 56.8 Å². The highest BCUT2D eigenvalue weighted by Crippen LogP contribution is 2.34. The maximum absolute atomic E-state index is 6.26. The molecule has 6 heteroatoms. The lowest BCUT2D eigenvalue weighted by Gasteiger charge is -2.13. The fourth-order valence-corrected chi connectivity index (χ4v) is 4.47. The molecule has 0 unspecified atom stereocenters. The van der Waals surface area contributed by atoms with Gasteiger partial charge in [0.15, 0.2) is 0 Å². The summed E-state index contributed by atoms with van der Waals surface area (Å²) in [5, 5.41) is 1.17. The Bertz CT molecular complexity index is 1050. The first-order chi connectivity index (χ1) is 13.3. The summed E-state index contributed by atoms with van der Waals surface area (Å²) < 4.78 is 7.84. The Morgan fingerprint density at radius 2 is 1.82 bits per heavy atom. The molecule has 0 spiro atoms. The van der Waals surface area contributed by atoms with Crippen LogP contribution in [-0.2, 0) is 6.61 Å². The fraction of sp³-hybridized carbons (Fsp3) is 0.136. The number of ether oxygens (including phenoxy) is 1.